The van der Waals surface area contributed by atoms with E-state index in [1.54, 1.807) is 12.1 Å². The lowest BCUT2D eigenvalue weighted by molar-refractivity contribution is 0.0730. The van der Waals surface area contributed by atoms with Crippen LogP contribution in [0.2, 0.25) is 0 Å². The van der Waals surface area contributed by atoms with E-state index in [0.717, 1.165) is 0 Å². The zero-order valence-electron chi connectivity index (χ0n) is 11.4. The number of hydrogen-bond acceptors (Lipinski definition) is 5. The van der Waals surface area contributed by atoms with Gasteiger partial charge in [-0.25, -0.2) is 13.2 Å². The molecule has 0 aliphatic carbocycles. The number of hydrogen-bond donors (Lipinski definition) is 0. The molecular formula is C13H16N2O5S. The molecule has 2 fully saturated rings. The van der Waals surface area contributed by atoms with E-state index in [1.165, 1.54) is 21.3 Å². The van der Waals surface area contributed by atoms with Crippen molar-refractivity contribution in [3.63, 3.8) is 0 Å². The summed E-state index contributed by atoms with van der Waals surface area (Å²) in [6.45, 7) is 2.39. The second-order valence-electron chi connectivity index (χ2n) is 4.78. The maximum atomic E-state index is 12.4. The molecule has 0 bridgehead atoms. The van der Waals surface area contributed by atoms with E-state index < -0.39 is 16.1 Å². The fourth-order valence-corrected chi connectivity index (χ4v) is 3.77. The number of nitrogens with zero attached hydrogens (tertiary/aromatic N) is 2. The number of amides is 1. The lowest BCUT2D eigenvalue weighted by Gasteiger charge is -2.26. The Balaban J connectivity index is 1.81. The van der Waals surface area contributed by atoms with Gasteiger partial charge in [0.2, 0.25) is 10.0 Å². The molecule has 0 unspecified atom stereocenters. The van der Waals surface area contributed by atoms with Crippen molar-refractivity contribution in [1.82, 2.24) is 4.31 Å². The van der Waals surface area contributed by atoms with E-state index in [2.05, 4.69) is 0 Å². The van der Waals surface area contributed by atoms with Crippen LogP contribution in [-0.4, -0.2) is 58.3 Å². The largest absolute Gasteiger partial charge is 0.447 e. The molecule has 2 saturated heterocycles. The van der Waals surface area contributed by atoms with Crippen LogP contribution in [0, 0.1) is 0 Å². The fourth-order valence-electron chi connectivity index (χ4n) is 2.36. The summed E-state index contributed by atoms with van der Waals surface area (Å²) in [6.07, 6.45) is -0.404. The molecule has 0 N–H and O–H groups in total. The third-order valence-electron chi connectivity index (χ3n) is 3.52. The molecule has 1 aromatic rings. The van der Waals surface area contributed by atoms with Crippen LogP contribution in [0.15, 0.2) is 29.2 Å². The number of anilines is 1. The molecule has 2 aliphatic heterocycles. The fraction of sp³-hybridized carbons (Fsp3) is 0.462. The van der Waals surface area contributed by atoms with Crippen molar-refractivity contribution in [2.24, 2.45) is 0 Å². The predicted molar refractivity (Wildman–Crippen MR) is 74.7 cm³/mol. The Hall–Kier alpha value is -1.64. The number of carbonyl (C=O) groups is 1. The maximum Gasteiger partial charge on any atom is 0.414 e. The summed E-state index contributed by atoms with van der Waals surface area (Å²) in [5.74, 6) is 0. The normalized spacial score (nSPS) is 20.6. The standard InChI is InChI=1S/C13H16N2O5S/c16-13-15(7-10-20-13)11-1-3-12(4-2-11)21(17,18)14-5-8-19-9-6-14/h1-4H,5-10H2. The van der Waals surface area contributed by atoms with E-state index in [0.29, 0.717) is 45.1 Å². The lowest BCUT2D eigenvalue weighted by atomic mass is 10.3. The highest BCUT2D eigenvalue weighted by atomic mass is 32.2. The molecule has 3 rings (SSSR count). The molecule has 0 atom stereocenters. The van der Waals surface area contributed by atoms with Crippen molar-refractivity contribution in [1.29, 1.82) is 0 Å². The van der Waals surface area contributed by atoms with E-state index in [9.17, 15) is 13.2 Å². The van der Waals surface area contributed by atoms with Gasteiger partial charge in [0.25, 0.3) is 0 Å². The van der Waals surface area contributed by atoms with Crippen molar-refractivity contribution in [2.45, 2.75) is 4.90 Å². The Kier molecular flexibility index (Phi) is 3.83. The van der Waals surface area contributed by atoms with E-state index in [1.807, 2.05) is 0 Å². The SMILES string of the molecule is O=C1OCCN1c1ccc(S(=O)(=O)N2CCOCC2)cc1. The van der Waals surface area contributed by atoms with Gasteiger partial charge in [-0.05, 0) is 24.3 Å². The molecule has 114 valence electrons. The highest BCUT2D eigenvalue weighted by Gasteiger charge is 2.27. The van der Waals surface area contributed by atoms with Gasteiger partial charge in [0, 0.05) is 18.8 Å². The average Bonchev–Trinajstić information content (AvgIpc) is 2.94. The predicted octanol–water partition coefficient (Wildman–Crippen LogP) is 0.664. The number of ether oxygens (including phenoxy) is 2. The summed E-state index contributed by atoms with van der Waals surface area (Å²) >= 11 is 0. The van der Waals surface area contributed by atoms with E-state index in [-0.39, 0.29) is 4.90 Å². The summed E-state index contributed by atoms with van der Waals surface area (Å²) < 4.78 is 36.3. The first-order chi connectivity index (χ1) is 10.1. The molecule has 0 saturated carbocycles. The first-order valence-corrected chi connectivity index (χ1v) is 8.15. The molecule has 0 radical (unpaired) electrons. The topological polar surface area (TPSA) is 76.2 Å². The first-order valence-electron chi connectivity index (χ1n) is 6.71. The Morgan fingerprint density at radius 3 is 2.19 bits per heavy atom. The van der Waals surface area contributed by atoms with E-state index in [4.69, 9.17) is 9.47 Å². The number of rotatable bonds is 3. The second kappa shape index (κ2) is 5.63. The van der Waals surface area contributed by atoms with Crippen molar-refractivity contribution in [3.8, 4) is 0 Å². The van der Waals surface area contributed by atoms with Crippen LogP contribution in [0.1, 0.15) is 0 Å². The molecule has 0 spiro atoms. The van der Waals surface area contributed by atoms with Gasteiger partial charge in [0.1, 0.15) is 6.61 Å². The average molecular weight is 312 g/mol. The Morgan fingerprint density at radius 1 is 0.952 bits per heavy atom. The van der Waals surface area contributed by atoms with Crippen molar-refractivity contribution >= 4 is 21.8 Å². The second-order valence-corrected chi connectivity index (χ2v) is 6.71. The summed E-state index contributed by atoms with van der Waals surface area (Å²) in [6, 6.07) is 6.29. The van der Waals surface area contributed by atoms with Crippen molar-refractivity contribution in [2.75, 3.05) is 44.4 Å². The molecule has 21 heavy (non-hydrogen) atoms. The van der Waals surface area contributed by atoms with Crippen LogP contribution < -0.4 is 4.90 Å². The van der Waals surface area contributed by atoms with Crippen molar-refractivity contribution < 1.29 is 22.7 Å². The minimum absolute atomic E-state index is 0.223. The molecule has 7 nitrogen and oxygen atoms in total. The maximum absolute atomic E-state index is 12.4. The zero-order chi connectivity index (χ0) is 14.9. The summed E-state index contributed by atoms with van der Waals surface area (Å²) in [5.41, 5.74) is 0.637. The van der Waals surface area contributed by atoms with Gasteiger partial charge in [-0.3, -0.25) is 4.90 Å². The Morgan fingerprint density at radius 2 is 1.62 bits per heavy atom. The van der Waals surface area contributed by atoms with Gasteiger partial charge in [0.05, 0.1) is 24.7 Å². The van der Waals surface area contributed by atoms with Crippen molar-refractivity contribution in [3.05, 3.63) is 24.3 Å². The zero-order valence-corrected chi connectivity index (χ0v) is 12.2. The van der Waals surface area contributed by atoms with Gasteiger partial charge in [-0.1, -0.05) is 0 Å². The smallest absolute Gasteiger partial charge is 0.414 e. The number of cyclic esters (lactones) is 1. The quantitative estimate of drug-likeness (QED) is 0.820. The Bertz CT molecular complexity index is 622. The van der Waals surface area contributed by atoms with Crippen LogP contribution in [0.3, 0.4) is 0 Å². The highest BCUT2D eigenvalue weighted by Crippen LogP contribution is 2.23. The molecule has 8 heteroatoms. The van der Waals surface area contributed by atoms with Crippen LogP contribution in [0.25, 0.3) is 0 Å². The summed E-state index contributed by atoms with van der Waals surface area (Å²) in [4.78, 5) is 13.2. The van der Waals surface area contributed by atoms with Gasteiger partial charge in [0.15, 0.2) is 0 Å². The van der Waals surface area contributed by atoms with Gasteiger partial charge in [-0.2, -0.15) is 4.31 Å². The molecule has 2 heterocycles. The molecule has 1 aromatic carbocycles. The monoisotopic (exact) mass is 312 g/mol. The molecule has 2 aliphatic rings. The minimum Gasteiger partial charge on any atom is -0.447 e. The third-order valence-corrected chi connectivity index (χ3v) is 5.43. The lowest BCUT2D eigenvalue weighted by Crippen LogP contribution is -2.40. The highest BCUT2D eigenvalue weighted by molar-refractivity contribution is 7.89. The summed E-state index contributed by atoms with van der Waals surface area (Å²) in [7, 11) is -3.50. The molecule has 1 amide bonds. The van der Waals surface area contributed by atoms with Crippen LogP contribution >= 0.6 is 0 Å². The summed E-state index contributed by atoms with van der Waals surface area (Å²) in [5, 5.41) is 0. The van der Waals surface area contributed by atoms with Gasteiger partial charge >= 0.3 is 6.09 Å². The van der Waals surface area contributed by atoms with Gasteiger partial charge < -0.3 is 9.47 Å². The Labute approximate surface area is 123 Å². The van der Waals surface area contributed by atoms with Crippen LogP contribution in [0.5, 0.6) is 0 Å². The first kappa shape index (κ1) is 14.3. The molecular weight excluding hydrogens is 296 g/mol. The van der Waals surface area contributed by atoms with Gasteiger partial charge in [-0.15, -0.1) is 0 Å². The minimum atomic E-state index is -3.50. The number of morpholine rings is 1. The van der Waals surface area contributed by atoms with E-state index >= 15 is 0 Å². The number of carbonyl (C=O) groups excluding carboxylic acids is 1. The third kappa shape index (κ3) is 2.74. The number of benzene rings is 1. The number of sulfonamides is 1. The van der Waals surface area contributed by atoms with Crippen LogP contribution in [0.4, 0.5) is 10.5 Å². The van der Waals surface area contributed by atoms with Crippen LogP contribution in [-0.2, 0) is 19.5 Å². The molecule has 0 aromatic heterocycles.